The molecular weight excluding hydrogens is 270 g/mol. The Morgan fingerprint density at radius 3 is 2.14 bits per heavy atom. The first kappa shape index (κ1) is 17.7. The van der Waals surface area contributed by atoms with Crippen LogP contribution < -0.4 is 0 Å². The van der Waals surface area contributed by atoms with Gasteiger partial charge in [0.05, 0.1) is 10.8 Å². The van der Waals surface area contributed by atoms with Crippen molar-refractivity contribution >= 4 is 5.78 Å². The molecule has 0 heterocycles. The number of carbonyl (C=O) groups excluding carboxylic acids is 1. The maximum Gasteiger partial charge on any atom is 0.294 e. The molecule has 0 saturated carbocycles. The lowest BCUT2D eigenvalue weighted by Gasteiger charge is -2.07. The molecule has 120 valence electrons. The van der Waals surface area contributed by atoms with Gasteiger partial charge in [0.25, 0.3) is 5.70 Å². The third kappa shape index (κ3) is 5.86. The van der Waals surface area contributed by atoms with E-state index in [-0.39, 0.29) is 12.1 Å². The summed E-state index contributed by atoms with van der Waals surface area (Å²) in [6.07, 6.45) is 11.5. The minimum absolute atomic E-state index is 0.0964. The third-order valence-corrected chi connectivity index (χ3v) is 4.18. The molecule has 0 fully saturated rings. The van der Waals surface area contributed by atoms with Crippen molar-refractivity contribution in [2.75, 3.05) is 0 Å². The van der Waals surface area contributed by atoms with Gasteiger partial charge in [-0.3, -0.25) is 14.9 Å². The molecule has 0 saturated heterocycles. The van der Waals surface area contributed by atoms with E-state index in [1.807, 2.05) is 0 Å². The van der Waals surface area contributed by atoms with Crippen molar-refractivity contribution in [3.8, 4) is 0 Å². The van der Waals surface area contributed by atoms with Gasteiger partial charge in [-0.25, -0.2) is 0 Å². The van der Waals surface area contributed by atoms with Crippen LogP contribution in [0.15, 0.2) is 11.5 Å². The number of aliphatic hydroxyl groups is 1. The van der Waals surface area contributed by atoms with Crippen LogP contribution in [0, 0.1) is 16.0 Å². The quantitative estimate of drug-likeness (QED) is 0.345. The van der Waals surface area contributed by atoms with E-state index in [0.717, 1.165) is 19.3 Å². The first-order valence-corrected chi connectivity index (χ1v) is 8.18. The highest BCUT2D eigenvalue weighted by molar-refractivity contribution is 5.96. The molecule has 0 radical (unpaired) electrons. The molecule has 0 aromatic heterocycles. The molecule has 1 aliphatic carbocycles. The summed E-state index contributed by atoms with van der Waals surface area (Å²) < 4.78 is 0. The smallest absolute Gasteiger partial charge is 0.294 e. The zero-order chi connectivity index (χ0) is 15.7. The monoisotopic (exact) mass is 297 g/mol. The molecule has 0 amide bonds. The van der Waals surface area contributed by atoms with Gasteiger partial charge in [0.1, 0.15) is 0 Å². The van der Waals surface area contributed by atoms with Gasteiger partial charge in [-0.1, -0.05) is 64.7 Å². The average molecular weight is 297 g/mol. The van der Waals surface area contributed by atoms with E-state index in [4.69, 9.17) is 0 Å². The Balaban J connectivity index is 2.13. The molecule has 1 rings (SSSR count). The first-order valence-electron chi connectivity index (χ1n) is 8.18. The number of hydrogen-bond acceptors (Lipinski definition) is 4. The van der Waals surface area contributed by atoms with Crippen LogP contribution in [-0.2, 0) is 4.79 Å². The Kier molecular flexibility index (Phi) is 8.01. The number of carbonyl (C=O) groups is 1. The van der Waals surface area contributed by atoms with Crippen molar-refractivity contribution in [2.45, 2.75) is 77.6 Å². The average Bonchev–Trinajstić information content (AvgIpc) is 2.72. The summed E-state index contributed by atoms with van der Waals surface area (Å²) in [6, 6.07) is 0. The fourth-order valence-corrected chi connectivity index (χ4v) is 2.93. The van der Waals surface area contributed by atoms with Crippen LogP contribution in [-0.4, -0.2) is 15.8 Å². The van der Waals surface area contributed by atoms with Crippen LogP contribution in [0.2, 0.25) is 0 Å². The Labute approximate surface area is 126 Å². The molecule has 21 heavy (non-hydrogen) atoms. The Morgan fingerprint density at radius 2 is 1.62 bits per heavy atom. The number of aliphatic hydroxyl groups excluding tert-OH is 1. The predicted molar refractivity (Wildman–Crippen MR) is 81.6 cm³/mol. The lowest BCUT2D eigenvalue weighted by molar-refractivity contribution is -0.435. The van der Waals surface area contributed by atoms with Gasteiger partial charge < -0.3 is 5.11 Å². The van der Waals surface area contributed by atoms with Gasteiger partial charge in [0, 0.05) is 6.42 Å². The van der Waals surface area contributed by atoms with E-state index in [2.05, 4.69) is 6.92 Å². The van der Waals surface area contributed by atoms with E-state index >= 15 is 0 Å². The van der Waals surface area contributed by atoms with Crippen molar-refractivity contribution in [3.05, 3.63) is 21.6 Å². The second kappa shape index (κ2) is 9.53. The van der Waals surface area contributed by atoms with Crippen molar-refractivity contribution in [1.29, 1.82) is 0 Å². The van der Waals surface area contributed by atoms with Crippen LogP contribution in [0.3, 0.4) is 0 Å². The lowest BCUT2D eigenvalue weighted by atomic mass is 9.97. The summed E-state index contributed by atoms with van der Waals surface area (Å²) >= 11 is 0. The van der Waals surface area contributed by atoms with Crippen molar-refractivity contribution in [3.63, 3.8) is 0 Å². The Hall–Kier alpha value is -1.39. The van der Waals surface area contributed by atoms with Crippen molar-refractivity contribution in [2.24, 2.45) is 5.92 Å². The number of nitrogens with zero attached hydrogens (tertiary/aromatic N) is 1. The number of nitro groups is 1. The zero-order valence-corrected chi connectivity index (χ0v) is 13.0. The van der Waals surface area contributed by atoms with E-state index in [1.165, 1.54) is 38.5 Å². The topological polar surface area (TPSA) is 80.4 Å². The molecule has 0 aromatic carbocycles. The van der Waals surface area contributed by atoms with Crippen LogP contribution in [0.4, 0.5) is 0 Å². The first-order chi connectivity index (χ1) is 10.1. The van der Waals surface area contributed by atoms with E-state index in [1.54, 1.807) is 0 Å². The highest BCUT2D eigenvalue weighted by atomic mass is 16.6. The van der Waals surface area contributed by atoms with Crippen molar-refractivity contribution < 1.29 is 14.8 Å². The number of hydrogen-bond donors (Lipinski definition) is 1. The molecule has 0 aliphatic heterocycles. The number of rotatable bonds is 11. The number of allylic oxidation sites excluding steroid dienone is 2. The van der Waals surface area contributed by atoms with Gasteiger partial charge >= 0.3 is 0 Å². The fourth-order valence-electron chi connectivity index (χ4n) is 2.93. The molecule has 1 unspecified atom stereocenters. The summed E-state index contributed by atoms with van der Waals surface area (Å²) in [6.45, 7) is 2.21. The van der Waals surface area contributed by atoms with Gasteiger partial charge in [0.15, 0.2) is 0 Å². The minimum atomic E-state index is -0.624. The molecular formula is C16H27NO4. The van der Waals surface area contributed by atoms with Gasteiger partial charge in [-0.15, -0.1) is 0 Å². The maximum atomic E-state index is 11.3. The van der Waals surface area contributed by atoms with Crippen LogP contribution >= 0.6 is 0 Å². The zero-order valence-electron chi connectivity index (χ0n) is 13.0. The molecule has 0 bridgehead atoms. The summed E-state index contributed by atoms with van der Waals surface area (Å²) in [5.41, 5.74) is -0.264. The van der Waals surface area contributed by atoms with E-state index < -0.39 is 22.4 Å². The fraction of sp³-hybridized carbons (Fsp3) is 0.812. The third-order valence-electron chi connectivity index (χ3n) is 4.18. The number of unbranched alkanes of at least 4 members (excludes halogenated alkanes) is 8. The second-order valence-corrected chi connectivity index (χ2v) is 5.93. The van der Waals surface area contributed by atoms with E-state index in [0.29, 0.717) is 6.42 Å². The largest absolute Gasteiger partial charge is 0.500 e. The summed E-state index contributed by atoms with van der Waals surface area (Å²) in [7, 11) is 0. The summed E-state index contributed by atoms with van der Waals surface area (Å²) in [5, 5.41) is 20.3. The minimum Gasteiger partial charge on any atom is -0.500 e. The number of Topliss-reactive ketones (excluding diaryl/α,β-unsaturated/α-hetero) is 1. The summed E-state index contributed by atoms with van der Waals surface area (Å²) in [5.74, 6) is -1.50. The van der Waals surface area contributed by atoms with Gasteiger partial charge in [-0.2, -0.15) is 0 Å². The van der Waals surface area contributed by atoms with Crippen LogP contribution in [0.5, 0.6) is 0 Å². The number of ketones is 1. The molecule has 0 aromatic rings. The molecule has 1 atom stereocenters. The van der Waals surface area contributed by atoms with E-state index in [9.17, 15) is 20.0 Å². The molecule has 1 N–H and O–H groups in total. The predicted octanol–water partition coefficient (Wildman–Crippen LogP) is 4.54. The van der Waals surface area contributed by atoms with Gasteiger partial charge in [-0.05, 0) is 6.42 Å². The Bertz CT molecular complexity index is 390. The standard InChI is InChI=1S/C16H27NO4/c1-2-3-4-5-6-7-8-9-10-11-13-12-14(18)16(19)15(13)17(20)21/h13,19H,2-12H2,1H3. The normalized spacial score (nSPS) is 18.5. The second-order valence-electron chi connectivity index (χ2n) is 5.93. The highest BCUT2D eigenvalue weighted by Crippen LogP contribution is 2.32. The summed E-state index contributed by atoms with van der Waals surface area (Å²) in [4.78, 5) is 21.6. The lowest BCUT2D eigenvalue weighted by Crippen LogP contribution is -2.09. The van der Waals surface area contributed by atoms with Gasteiger partial charge in [0.2, 0.25) is 11.5 Å². The molecule has 5 heteroatoms. The maximum absolute atomic E-state index is 11.3. The molecule has 0 spiro atoms. The van der Waals surface area contributed by atoms with Crippen LogP contribution in [0.25, 0.3) is 0 Å². The highest BCUT2D eigenvalue weighted by Gasteiger charge is 2.40. The Morgan fingerprint density at radius 1 is 1.10 bits per heavy atom. The van der Waals surface area contributed by atoms with Crippen LogP contribution in [0.1, 0.15) is 77.6 Å². The SMILES string of the molecule is CCCCCCCCCCCC1CC(=O)C(O)=C1[N+](=O)[O-]. The molecule has 1 aliphatic rings. The molecule has 5 nitrogen and oxygen atoms in total. The van der Waals surface area contributed by atoms with Crippen molar-refractivity contribution in [1.82, 2.24) is 0 Å².